The highest BCUT2D eigenvalue weighted by Crippen LogP contribution is 2.36. The molecule has 0 bridgehead atoms. The molecule has 2 N–H and O–H groups in total. The van der Waals surface area contributed by atoms with Crippen LogP contribution in [0.1, 0.15) is 37.7 Å². The van der Waals surface area contributed by atoms with Crippen LogP contribution in [0.5, 0.6) is 11.5 Å². The summed E-state index contributed by atoms with van der Waals surface area (Å²) in [5, 5.41) is 13.3. The number of ether oxygens (including phenoxy) is 1. The number of piperazine rings is 1. The molecule has 1 heterocycles. The fourth-order valence-electron chi connectivity index (χ4n) is 3.87. The van der Waals surface area contributed by atoms with E-state index in [1.165, 1.54) is 37.7 Å². The fourth-order valence-corrected chi connectivity index (χ4v) is 3.87. The Labute approximate surface area is 127 Å². The van der Waals surface area contributed by atoms with Gasteiger partial charge in [0.1, 0.15) is 0 Å². The van der Waals surface area contributed by atoms with Crippen LogP contribution in [0.4, 0.5) is 0 Å². The Kier molecular flexibility index (Phi) is 4.36. The Morgan fingerprint density at radius 2 is 2.10 bits per heavy atom. The molecule has 3 rings (SSSR count). The third-order valence-electron chi connectivity index (χ3n) is 5.09. The largest absolute Gasteiger partial charge is 0.504 e. The Hall–Kier alpha value is -1.26. The Morgan fingerprint density at radius 1 is 1.29 bits per heavy atom. The van der Waals surface area contributed by atoms with Crippen molar-refractivity contribution in [1.29, 1.82) is 0 Å². The fraction of sp³-hybridized carbons (Fsp3) is 0.647. The lowest BCUT2D eigenvalue weighted by Gasteiger charge is -2.50. The highest BCUT2D eigenvalue weighted by molar-refractivity contribution is 5.41. The number of rotatable bonds is 3. The minimum atomic E-state index is 0.217. The van der Waals surface area contributed by atoms with Crippen LogP contribution in [-0.2, 0) is 6.54 Å². The van der Waals surface area contributed by atoms with Crippen LogP contribution in [0.2, 0.25) is 0 Å². The van der Waals surface area contributed by atoms with Gasteiger partial charge in [0.2, 0.25) is 0 Å². The number of phenolic OH excluding ortho intramolecular Hbond substituents is 1. The smallest absolute Gasteiger partial charge is 0.160 e. The third-order valence-corrected chi connectivity index (χ3v) is 5.09. The average molecular weight is 290 g/mol. The molecule has 1 aliphatic heterocycles. The summed E-state index contributed by atoms with van der Waals surface area (Å²) in [6, 6.07) is 5.72. The second-order valence-corrected chi connectivity index (χ2v) is 6.39. The minimum absolute atomic E-state index is 0.217. The first kappa shape index (κ1) is 14.7. The van der Waals surface area contributed by atoms with E-state index >= 15 is 0 Å². The highest BCUT2D eigenvalue weighted by atomic mass is 16.5. The molecule has 0 amide bonds. The van der Waals surface area contributed by atoms with Crippen molar-refractivity contribution in [3.8, 4) is 11.5 Å². The van der Waals surface area contributed by atoms with Gasteiger partial charge in [0.25, 0.3) is 0 Å². The summed E-state index contributed by atoms with van der Waals surface area (Å²) in [5.41, 5.74) is 1.55. The molecule has 1 aromatic rings. The maximum Gasteiger partial charge on any atom is 0.160 e. The van der Waals surface area contributed by atoms with Crippen LogP contribution in [0.15, 0.2) is 18.2 Å². The Morgan fingerprint density at radius 3 is 2.86 bits per heavy atom. The van der Waals surface area contributed by atoms with E-state index < -0.39 is 0 Å². The van der Waals surface area contributed by atoms with Gasteiger partial charge in [0.05, 0.1) is 7.11 Å². The average Bonchev–Trinajstić information content (AvgIpc) is 2.52. The number of benzene rings is 1. The number of phenols is 1. The maximum absolute atomic E-state index is 9.73. The summed E-state index contributed by atoms with van der Waals surface area (Å²) in [6.07, 6.45) is 6.67. The second kappa shape index (κ2) is 6.24. The van der Waals surface area contributed by atoms with Gasteiger partial charge in [-0.3, -0.25) is 4.90 Å². The summed E-state index contributed by atoms with van der Waals surface area (Å²) in [4.78, 5) is 2.65. The lowest BCUT2D eigenvalue weighted by Crippen LogP contribution is -2.61. The SMILES string of the molecule is COc1cc(CN2CCNCC23CCCCC3)ccc1O. The molecule has 1 saturated carbocycles. The zero-order chi connectivity index (χ0) is 14.7. The third kappa shape index (κ3) is 3.01. The van der Waals surface area contributed by atoms with Crippen molar-refractivity contribution in [1.82, 2.24) is 10.2 Å². The molecule has 1 saturated heterocycles. The van der Waals surface area contributed by atoms with E-state index in [0.717, 1.165) is 26.2 Å². The summed E-state index contributed by atoms with van der Waals surface area (Å²) in [6.45, 7) is 4.22. The van der Waals surface area contributed by atoms with E-state index in [9.17, 15) is 5.11 Å². The van der Waals surface area contributed by atoms with Gasteiger partial charge in [0, 0.05) is 31.7 Å². The van der Waals surface area contributed by atoms with E-state index in [-0.39, 0.29) is 5.75 Å². The number of aromatic hydroxyl groups is 1. The highest BCUT2D eigenvalue weighted by Gasteiger charge is 2.39. The zero-order valence-corrected chi connectivity index (χ0v) is 12.9. The molecule has 1 aromatic carbocycles. The quantitative estimate of drug-likeness (QED) is 0.898. The summed E-state index contributed by atoms with van der Waals surface area (Å²) >= 11 is 0. The monoisotopic (exact) mass is 290 g/mol. The molecule has 4 heteroatoms. The normalized spacial score (nSPS) is 22.3. The summed E-state index contributed by atoms with van der Waals surface area (Å²) in [7, 11) is 1.60. The molecule has 0 atom stereocenters. The number of methoxy groups -OCH3 is 1. The van der Waals surface area contributed by atoms with Crippen molar-refractivity contribution in [2.45, 2.75) is 44.2 Å². The zero-order valence-electron chi connectivity index (χ0n) is 12.9. The van der Waals surface area contributed by atoms with Crippen molar-refractivity contribution < 1.29 is 9.84 Å². The van der Waals surface area contributed by atoms with Crippen LogP contribution >= 0.6 is 0 Å². The first-order chi connectivity index (χ1) is 10.2. The predicted octanol–water partition coefficient (Wildman–Crippen LogP) is 2.51. The van der Waals surface area contributed by atoms with Crippen molar-refractivity contribution >= 4 is 0 Å². The van der Waals surface area contributed by atoms with Gasteiger partial charge in [-0.25, -0.2) is 0 Å². The van der Waals surface area contributed by atoms with Gasteiger partial charge in [-0.1, -0.05) is 25.3 Å². The van der Waals surface area contributed by atoms with Gasteiger partial charge in [-0.05, 0) is 30.5 Å². The van der Waals surface area contributed by atoms with Crippen molar-refractivity contribution in [3.63, 3.8) is 0 Å². The van der Waals surface area contributed by atoms with E-state index in [2.05, 4.69) is 10.2 Å². The van der Waals surface area contributed by atoms with Crippen LogP contribution in [0.3, 0.4) is 0 Å². The molecule has 1 spiro atoms. The number of nitrogens with one attached hydrogen (secondary N) is 1. The number of hydrogen-bond acceptors (Lipinski definition) is 4. The molecule has 0 aromatic heterocycles. The minimum Gasteiger partial charge on any atom is -0.504 e. The lowest BCUT2D eigenvalue weighted by atomic mass is 9.79. The molecule has 1 aliphatic carbocycles. The molecular weight excluding hydrogens is 264 g/mol. The molecule has 2 fully saturated rings. The molecule has 116 valence electrons. The van der Waals surface area contributed by atoms with E-state index in [1.54, 1.807) is 13.2 Å². The standard InChI is InChI=1S/C17H26N2O2/c1-21-16-11-14(5-6-15(16)20)12-19-10-9-18-13-17(19)7-3-2-4-8-17/h5-6,11,18,20H,2-4,7-10,12-13H2,1H3. The topological polar surface area (TPSA) is 44.7 Å². The Bertz CT molecular complexity index is 475. The van der Waals surface area contributed by atoms with Crippen LogP contribution in [0.25, 0.3) is 0 Å². The molecule has 0 radical (unpaired) electrons. The summed E-state index contributed by atoms with van der Waals surface area (Å²) in [5.74, 6) is 0.786. The maximum atomic E-state index is 9.73. The van der Waals surface area contributed by atoms with Gasteiger partial charge < -0.3 is 15.2 Å². The number of nitrogens with zero attached hydrogens (tertiary/aromatic N) is 1. The molecule has 2 aliphatic rings. The first-order valence-corrected chi connectivity index (χ1v) is 8.05. The van der Waals surface area contributed by atoms with Crippen molar-refractivity contribution in [2.75, 3.05) is 26.7 Å². The lowest BCUT2D eigenvalue weighted by molar-refractivity contribution is 0.0208. The summed E-state index contributed by atoms with van der Waals surface area (Å²) < 4.78 is 5.23. The molecule has 21 heavy (non-hydrogen) atoms. The van der Waals surface area contributed by atoms with Crippen LogP contribution in [0, 0.1) is 0 Å². The van der Waals surface area contributed by atoms with Crippen LogP contribution < -0.4 is 10.1 Å². The van der Waals surface area contributed by atoms with Crippen molar-refractivity contribution in [3.05, 3.63) is 23.8 Å². The van der Waals surface area contributed by atoms with Gasteiger partial charge in [0.15, 0.2) is 11.5 Å². The van der Waals surface area contributed by atoms with E-state index in [1.807, 2.05) is 12.1 Å². The first-order valence-electron chi connectivity index (χ1n) is 8.05. The van der Waals surface area contributed by atoms with Crippen LogP contribution in [-0.4, -0.2) is 42.3 Å². The van der Waals surface area contributed by atoms with E-state index in [0.29, 0.717) is 11.3 Å². The second-order valence-electron chi connectivity index (χ2n) is 6.39. The molecule has 4 nitrogen and oxygen atoms in total. The van der Waals surface area contributed by atoms with Crippen molar-refractivity contribution in [2.24, 2.45) is 0 Å². The molecular formula is C17H26N2O2. The Balaban J connectivity index is 1.78. The number of hydrogen-bond donors (Lipinski definition) is 2. The van der Waals surface area contributed by atoms with E-state index in [4.69, 9.17) is 4.74 Å². The molecule has 0 unspecified atom stereocenters. The van der Waals surface area contributed by atoms with Gasteiger partial charge in [-0.2, -0.15) is 0 Å². The van der Waals surface area contributed by atoms with Gasteiger partial charge >= 0.3 is 0 Å². The predicted molar refractivity (Wildman–Crippen MR) is 83.8 cm³/mol. The van der Waals surface area contributed by atoms with Gasteiger partial charge in [-0.15, -0.1) is 0 Å².